The Labute approximate surface area is 122 Å². The molecule has 0 aliphatic rings. The van der Waals surface area contributed by atoms with E-state index in [-0.39, 0.29) is 11.4 Å². The van der Waals surface area contributed by atoms with Crippen molar-refractivity contribution < 1.29 is 12.8 Å². The number of aromatic nitrogens is 3. The third-order valence-corrected chi connectivity index (χ3v) is 4.15. The summed E-state index contributed by atoms with van der Waals surface area (Å²) in [5, 5.41) is 6.83. The van der Waals surface area contributed by atoms with Crippen LogP contribution in [0.3, 0.4) is 0 Å². The van der Waals surface area contributed by atoms with Gasteiger partial charge >= 0.3 is 0 Å². The van der Waals surface area contributed by atoms with Crippen molar-refractivity contribution in [2.45, 2.75) is 18.0 Å². The van der Waals surface area contributed by atoms with Crippen molar-refractivity contribution in [3.63, 3.8) is 0 Å². The molecule has 7 nitrogen and oxygen atoms in total. The molecule has 9 heteroatoms. The minimum absolute atomic E-state index is 0.0983. The number of hydrogen-bond acceptors (Lipinski definition) is 5. The van der Waals surface area contributed by atoms with Gasteiger partial charge in [0.15, 0.2) is 5.82 Å². The van der Waals surface area contributed by atoms with Gasteiger partial charge in [-0.1, -0.05) is 6.07 Å². The highest BCUT2D eigenvalue weighted by Crippen LogP contribution is 2.16. The van der Waals surface area contributed by atoms with Gasteiger partial charge in [0.25, 0.3) is 0 Å². The summed E-state index contributed by atoms with van der Waals surface area (Å²) in [5.74, 6) is -0.482. The maximum atomic E-state index is 13.8. The molecule has 2 N–H and O–H groups in total. The summed E-state index contributed by atoms with van der Waals surface area (Å²) < 4.78 is 41.8. The number of sulfonamides is 1. The van der Waals surface area contributed by atoms with Gasteiger partial charge in [0.05, 0.1) is 6.54 Å². The van der Waals surface area contributed by atoms with Crippen LogP contribution in [-0.2, 0) is 30.2 Å². The van der Waals surface area contributed by atoms with Gasteiger partial charge in [0.1, 0.15) is 17.0 Å². The smallest absolute Gasteiger partial charge is 0.243 e. The Hall–Kier alpha value is -1.84. The van der Waals surface area contributed by atoms with Crippen molar-refractivity contribution in [1.29, 1.82) is 0 Å². The van der Waals surface area contributed by atoms with E-state index in [0.717, 1.165) is 6.07 Å². The zero-order valence-corrected chi connectivity index (χ0v) is 12.5. The van der Waals surface area contributed by atoms with Crippen molar-refractivity contribution >= 4 is 10.0 Å². The largest absolute Gasteiger partial charge is 0.316 e. The van der Waals surface area contributed by atoms with Crippen LogP contribution < -0.4 is 10.0 Å². The van der Waals surface area contributed by atoms with Crippen molar-refractivity contribution in [2.75, 3.05) is 7.05 Å². The molecule has 0 radical (unpaired) electrons. The van der Waals surface area contributed by atoms with Crippen LogP contribution in [-0.4, -0.2) is 30.2 Å². The highest BCUT2D eigenvalue weighted by Gasteiger charge is 2.20. The Kier molecular flexibility index (Phi) is 4.66. The normalized spacial score (nSPS) is 11.8. The molecule has 0 amide bonds. The van der Waals surface area contributed by atoms with Crippen LogP contribution in [0, 0.1) is 5.82 Å². The van der Waals surface area contributed by atoms with Gasteiger partial charge < -0.3 is 5.32 Å². The van der Waals surface area contributed by atoms with Gasteiger partial charge in [0, 0.05) is 13.6 Å². The lowest BCUT2D eigenvalue weighted by molar-refractivity contribution is 0.554. The first-order valence-electron chi connectivity index (χ1n) is 6.19. The molecule has 0 fully saturated rings. The Bertz CT molecular complexity index is 729. The second-order valence-corrected chi connectivity index (χ2v) is 6.19. The predicted molar refractivity (Wildman–Crippen MR) is 74.2 cm³/mol. The minimum atomic E-state index is -3.96. The summed E-state index contributed by atoms with van der Waals surface area (Å²) in [6.45, 7) is 0.351. The molecule has 1 heterocycles. The molecular weight excluding hydrogens is 297 g/mol. The van der Waals surface area contributed by atoms with E-state index in [9.17, 15) is 12.8 Å². The first-order valence-corrected chi connectivity index (χ1v) is 7.68. The van der Waals surface area contributed by atoms with Gasteiger partial charge in [-0.25, -0.2) is 22.5 Å². The number of benzene rings is 1. The summed E-state index contributed by atoms with van der Waals surface area (Å²) >= 11 is 0. The molecule has 0 spiro atoms. The fourth-order valence-electron chi connectivity index (χ4n) is 1.77. The molecule has 21 heavy (non-hydrogen) atoms. The molecule has 0 bridgehead atoms. The molecule has 0 atom stereocenters. The molecule has 114 valence electrons. The van der Waals surface area contributed by atoms with E-state index >= 15 is 0 Å². The van der Waals surface area contributed by atoms with E-state index in [0.29, 0.717) is 17.9 Å². The molecule has 0 saturated carbocycles. The third kappa shape index (κ3) is 3.84. The molecular formula is C12H16FN5O2S. The Morgan fingerprint density at radius 3 is 2.71 bits per heavy atom. The Morgan fingerprint density at radius 2 is 2.10 bits per heavy atom. The van der Waals surface area contributed by atoms with E-state index < -0.39 is 15.8 Å². The number of halogens is 1. The third-order valence-electron chi connectivity index (χ3n) is 2.73. The predicted octanol–water partition coefficient (Wildman–Crippen LogP) is 0.152. The average molecular weight is 313 g/mol. The van der Waals surface area contributed by atoms with Crippen LogP contribution >= 0.6 is 0 Å². The fraction of sp³-hybridized carbons (Fsp3) is 0.333. The molecule has 0 unspecified atom stereocenters. The maximum absolute atomic E-state index is 13.8. The first-order chi connectivity index (χ1) is 9.92. The topological polar surface area (TPSA) is 88.9 Å². The highest BCUT2D eigenvalue weighted by molar-refractivity contribution is 7.89. The van der Waals surface area contributed by atoms with Crippen molar-refractivity contribution in [3.05, 3.63) is 41.7 Å². The average Bonchev–Trinajstić information content (AvgIpc) is 2.85. The Morgan fingerprint density at radius 1 is 1.33 bits per heavy atom. The molecule has 0 saturated heterocycles. The molecule has 0 aliphatic carbocycles. The molecule has 1 aromatic carbocycles. The van der Waals surface area contributed by atoms with Crippen LogP contribution in [0.4, 0.5) is 4.39 Å². The number of hydrogen-bond donors (Lipinski definition) is 2. The van der Waals surface area contributed by atoms with E-state index in [1.54, 1.807) is 14.1 Å². The zero-order valence-electron chi connectivity index (χ0n) is 11.7. The lowest BCUT2D eigenvalue weighted by Crippen LogP contribution is -2.25. The first kappa shape index (κ1) is 15.5. The number of nitrogens with zero attached hydrogens (tertiary/aromatic N) is 3. The van der Waals surface area contributed by atoms with Gasteiger partial charge in [0.2, 0.25) is 10.0 Å². The summed E-state index contributed by atoms with van der Waals surface area (Å²) in [6.07, 6.45) is 1.46. The van der Waals surface area contributed by atoms with Gasteiger partial charge in [-0.3, -0.25) is 4.68 Å². The molecule has 2 rings (SSSR count). The standard InChI is InChI=1S/C12H16FN5O2S/c1-14-6-9-3-4-10(13)11(5-9)21(19,20)16-7-12-15-8-18(2)17-12/h3-5,8,14,16H,6-7H2,1-2H3. The SMILES string of the molecule is CNCc1ccc(F)c(S(=O)(=O)NCc2ncn(C)n2)c1. The summed E-state index contributed by atoms with van der Waals surface area (Å²) in [6, 6.07) is 3.98. The van der Waals surface area contributed by atoms with E-state index in [4.69, 9.17) is 0 Å². The van der Waals surface area contributed by atoms with Gasteiger partial charge in [-0.05, 0) is 24.7 Å². The van der Waals surface area contributed by atoms with Crippen molar-refractivity contribution in [1.82, 2.24) is 24.8 Å². The quantitative estimate of drug-likeness (QED) is 0.792. The van der Waals surface area contributed by atoms with Crippen LogP contribution in [0.5, 0.6) is 0 Å². The lowest BCUT2D eigenvalue weighted by atomic mass is 10.2. The monoisotopic (exact) mass is 313 g/mol. The maximum Gasteiger partial charge on any atom is 0.243 e. The molecule has 1 aromatic heterocycles. The van der Waals surface area contributed by atoms with Crippen LogP contribution in [0.2, 0.25) is 0 Å². The Balaban J connectivity index is 2.20. The summed E-state index contributed by atoms with van der Waals surface area (Å²) in [5.41, 5.74) is 0.676. The van der Waals surface area contributed by atoms with Gasteiger partial charge in [-0.2, -0.15) is 5.10 Å². The number of rotatable bonds is 6. The minimum Gasteiger partial charge on any atom is -0.316 e. The molecule has 2 aromatic rings. The van der Waals surface area contributed by atoms with Crippen LogP contribution in [0.1, 0.15) is 11.4 Å². The fourth-order valence-corrected chi connectivity index (χ4v) is 2.88. The second kappa shape index (κ2) is 6.29. The van der Waals surface area contributed by atoms with E-state index in [1.165, 1.54) is 23.1 Å². The molecule has 0 aliphatic heterocycles. The number of nitrogens with one attached hydrogen (secondary N) is 2. The van der Waals surface area contributed by atoms with Crippen molar-refractivity contribution in [2.24, 2.45) is 7.05 Å². The summed E-state index contributed by atoms with van der Waals surface area (Å²) in [7, 11) is -0.566. The number of aryl methyl sites for hydroxylation is 1. The van der Waals surface area contributed by atoms with Gasteiger partial charge in [-0.15, -0.1) is 0 Å². The summed E-state index contributed by atoms with van der Waals surface area (Å²) in [4.78, 5) is 3.52. The van der Waals surface area contributed by atoms with Crippen molar-refractivity contribution in [3.8, 4) is 0 Å². The van der Waals surface area contributed by atoms with Crippen LogP contribution in [0.15, 0.2) is 29.4 Å². The zero-order chi connectivity index (χ0) is 15.5. The second-order valence-electron chi connectivity index (χ2n) is 4.45. The van der Waals surface area contributed by atoms with E-state index in [1.807, 2.05) is 0 Å². The highest BCUT2D eigenvalue weighted by atomic mass is 32.2. The van der Waals surface area contributed by atoms with Crippen LogP contribution in [0.25, 0.3) is 0 Å². The van der Waals surface area contributed by atoms with E-state index in [2.05, 4.69) is 20.1 Å². The lowest BCUT2D eigenvalue weighted by Gasteiger charge is -2.08.